The number of carboxylic acids is 1. The van der Waals surface area contributed by atoms with Crippen LogP contribution in [0.5, 0.6) is 0 Å². The summed E-state index contributed by atoms with van der Waals surface area (Å²) in [6.07, 6.45) is -21.1. The molecule has 0 aromatic carbocycles. The number of carboxylic acid groups (broad SMARTS) is 1. The highest BCUT2D eigenvalue weighted by Crippen LogP contribution is 2.31. The van der Waals surface area contributed by atoms with Gasteiger partial charge in [-0.2, -0.15) is 30.0 Å². The van der Waals surface area contributed by atoms with Gasteiger partial charge in [0.1, 0.15) is 36.6 Å². The molecule has 0 aliphatic carbocycles. The minimum Gasteiger partial charge on any atom is -0.479 e. The first-order valence-electron chi connectivity index (χ1n) is 9.14. The Labute approximate surface area is 201 Å². The van der Waals surface area contributed by atoms with Crippen LogP contribution in [0.1, 0.15) is 0 Å². The van der Waals surface area contributed by atoms with Crippen LogP contribution < -0.4 is 4.72 Å². The lowest BCUT2D eigenvalue weighted by Gasteiger charge is -2.46. The summed E-state index contributed by atoms with van der Waals surface area (Å²) >= 11 is 0. The number of aliphatic carboxylic acids is 1. The summed E-state index contributed by atoms with van der Waals surface area (Å²) in [5.41, 5.74) is 0. The van der Waals surface area contributed by atoms with Crippen molar-refractivity contribution in [1.29, 1.82) is 0 Å². The van der Waals surface area contributed by atoms with E-state index in [4.69, 9.17) is 33.0 Å². The highest BCUT2D eigenvalue weighted by Gasteiger charge is 2.54. The number of carbonyl (C=O) groups is 1. The molecule has 21 nitrogen and oxygen atoms in total. The number of nitrogens with one attached hydrogen (secondary N) is 1. The third kappa shape index (κ3) is 8.41. The molecule has 0 aromatic heterocycles. The molecule has 24 heteroatoms. The highest BCUT2D eigenvalue weighted by molar-refractivity contribution is 7.83. The fourth-order valence-electron chi connectivity index (χ4n) is 3.24. The maximum absolute atomic E-state index is 11.3. The van der Waals surface area contributed by atoms with Crippen LogP contribution in [0, 0.1) is 0 Å². The van der Waals surface area contributed by atoms with Crippen molar-refractivity contribution in [3.8, 4) is 0 Å². The Morgan fingerprint density at radius 3 is 1.89 bits per heavy atom. The third-order valence-electron chi connectivity index (χ3n) is 4.67. The number of aliphatic hydroxyl groups excluding tert-OH is 4. The molecular weight excluding hydrogens is 574 g/mol. The predicted octanol–water partition coefficient (Wildman–Crippen LogP) is -6.25. The smallest absolute Gasteiger partial charge is 0.397 e. The van der Waals surface area contributed by atoms with Crippen molar-refractivity contribution in [3.63, 3.8) is 0 Å². The van der Waals surface area contributed by atoms with Crippen LogP contribution in [0.2, 0.25) is 0 Å². The van der Waals surface area contributed by atoms with Crippen LogP contribution in [-0.4, -0.2) is 138 Å². The molecule has 0 amide bonds. The van der Waals surface area contributed by atoms with Gasteiger partial charge >= 0.3 is 37.1 Å². The summed E-state index contributed by atoms with van der Waals surface area (Å²) in [5.74, 6) is -1.94. The quantitative estimate of drug-likeness (QED) is 0.106. The first kappa shape index (κ1) is 31.0. The molecule has 2 aliphatic heterocycles. The van der Waals surface area contributed by atoms with Crippen molar-refractivity contribution in [2.24, 2.45) is 0 Å². The Kier molecular flexibility index (Phi) is 9.71. The van der Waals surface area contributed by atoms with Gasteiger partial charge in [-0.05, 0) is 0 Å². The molecule has 0 bridgehead atoms. The van der Waals surface area contributed by atoms with Gasteiger partial charge in [0.15, 0.2) is 24.8 Å². The molecule has 2 fully saturated rings. The Bertz CT molecular complexity index is 1100. The lowest BCUT2D eigenvalue weighted by atomic mass is 9.96. The van der Waals surface area contributed by atoms with E-state index in [2.05, 4.69) is 8.37 Å². The van der Waals surface area contributed by atoms with E-state index in [-0.39, 0.29) is 0 Å². The second-order valence-electron chi connectivity index (χ2n) is 7.22. The van der Waals surface area contributed by atoms with Crippen molar-refractivity contribution in [2.75, 3.05) is 6.61 Å². The van der Waals surface area contributed by atoms with Crippen molar-refractivity contribution in [2.45, 2.75) is 61.3 Å². The SMILES string of the molecule is O=C(O)[C@@H]1O[C@H](O[C@H]2[C@@H](O)[C@H](NS(=O)(=O)O)[C@@H](O)O[C@H]2COS(=O)(=O)O)[C@@H](OS(=O)(=O)O)[C@H](O)[C@H]1O. The van der Waals surface area contributed by atoms with Crippen molar-refractivity contribution in [3.05, 3.63) is 0 Å². The fraction of sp³-hybridized carbons (Fsp3) is 0.917. The number of ether oxygens (including phenoxy) is 3. The van der Waals surface area contributed by atoms with E-state index >= 15 is 0 Å². The van der Waals surface area contributed by atoms with Gasteiger partial charge in [0.25, 0.3) is 0 Å². The van der Waals surface area contributed by atoms with Crippen LogP contribution in [0.4, 0.5) is 0 Å². The highest BCUT2D eigenvalue weighted by atomic mass is 32.3. The van der Waals surface area contributed by atoms with Crippen LogP contribution in [-0.2, 0) is 58.5 Å². The zero-order valence-electron chi connectivity index (χ0n) is 17.2. The average molecular weight is 595 g/mol. The molecule has 0 unspecified atom stereocenters. The standard InChI is InChI=1S/C12H21NO20S3/c14-4-3(13-34(20,21)22)11(19)30-2(1-29-35(23,24)25)7(4)31-12-9(33-36(26,27)28)6(16)5(15)8(32-12)10(17)18/h2-9,11-16,19H,1H2,(H,17,18)(H,20,21,22)(H,23,24,25)(H,26,27,28)/t2-,3-,4-,5+,6+,7+,8+,9-,11-,12-/m0/s1. The summed E-state index contributed by atoms with van der Waals surface area (Å²) in [7, 11) is -15.8. The lowest BCUT2D eigenvalue weighted by molar-refractivity contribution is -0.336. The largest absolute Gasteiger partial charge is 0.479 e. The molecule has 0 spiro atoms. The van der Waals surface area contributed by atoms with Gasteiger partial charge < -0.3 is 39.7 Å². The number of aliphatic hydroxyl groups is 4. The first-order chi connectivity index (χ1) is 16.2. The van der Waals surface area contributed by atoms with Gasteiger partial charge in [-0.15, -0.1) is 0 Å². The van der Waals surface area contributed by atoms with E-state index in [0.29, 0.717) is 0 Å². The Morgan fingerprint density at radius 2 is 1.42 bits per heavy atom. The third-order valence-corrected chi connectivity index (χ3v) is 6.14. The van der Waals surface area contributed by atoms with E-state index in [1.807, 2.05) is 0 Å². The van der Waals surface area contributed by atoms with Crippen LogP contribution in [0.25, 0.3) is 0 Å². The number of rotatable bonds is 10. The van der Waals surface area contributed by atoms with Gasteiger partial charge in [0, 0.05) is 0 Å². The van der Waals surface area contributed by atoms with Crippen molar-refractivity contribution < 1.29 is 91.8 Å². The van der Waals surface area contributed by atoms with Gasteiger partial charge in [-0.1, -0.05) is 0 Å². The Morgan fingerprint density at radius 1 is 0.833 bits per heavy atom. The van der Waals surface area contributed by atoms with E-state index in [0.717, 1.165) is 0 Å². The zero-order chi connectivity index (χ0) is 27.8. The Balaban J connectivity index is 2.46. The van der Waals surface area contributed by atoms with E-state index in [1.165, 1.54) is 4.72 Å². The van der Waals surface area contributed by atoms with Gasteiger partial charge in [0.2, 0.25) is 0 Å². The number of hydrogen-bond donors (Lipinski definition) is 9. The zero-order valence-corrected chi connectivity index (χ0v) is 19.6. The molecule has 0 aromatic rings. The van der Waals surface area contributed by atoms with Gasteiger partial charge in [0.05, 0.1) is 6.61 Å². The first-order valence-corrected chi connectivity index (χ1v) is 13.3. The van der Waals surface area contributed by atoms with Crippen LogP contribution >= 0.6 is 0 Å². The molecule has 212 valence electrons. The summed E-state index contributed by atoms with van der Waals surface area (Å²) in [6.45, 7) is -1.29. The Hall–Kier alpha value is -1.20. The molecule has 0 saturated carbocycles. The van der Waals surface area contributed by atoms with E-state index in [1.54, 1.807) is 0 Å². The molecule has 9 N–H and O–H groups in total. The fourth-order valence-corrected chi connectivity index (χ4v) is 4.63. The maximum Gasteiger partial charge on any atom is 0.397 e. The summed E-state index contributed by atoms with van der Waals surface area (Å²) < 4.78 is 118. The molecule has 0 radical (unpaired) electrons. The van der Waals surface area contributed by atoms with Crippen molar-refractivity contribution in [1.82, 2.24) is 4.72 Å². The maximum atomic E-state index is 11.3. The van der Waals surface area contributed by atoms with Gasteiger partial charge in [-0.3, -0.25) is 13.7 Å². The molecule has 2 aliphatic rings. The average Bonchev–Trinajstić information content (AvgIpc) is 2.68. The van der Waals surface area contributed by atoms with Crippen LogP contribution in [0.15, 0.2) is 0 Å². The molecule has 10 atom stereocenters. The van der Waals surface area contributed by atoms with Crippen molar-refractivity contribution >= 4 is 37.1 Å². The van der Waals surface area contributed by atoms with Gasteiger partial charge in [-0.25, -0.2) is 13.2 Å². The lowest BCUT2D eigenvalue weighted by Crippen LogP contribution is -2.67. The minimum absolute atomic E-state index is 1.29. The second kappa shape index (κ2) is 11.3. The second-order valence-corrected chi connectivity index (χ2v) is 10.5. The summed E-state index contributed by atoms with van der Waals surface area (Å²) in [5, 5.41) is 49.7. The molecule has 2 saturated heterocycles. The molecule has 2 heterocycles. The predicted molar refractivity (Wildman–Crippen MR) is 102 cm³/mol. The monoisotopic (exact) mass is 595 g/mol. The van der Waals surface area contributed by atoms with E-state index < -0.39 is 105 Å². The molecule has 2 rings (SSSR count). The van der Waals surface area contributed by atoms with Crippen LogP contribution in [0.3, 0.4) is 0 Å². The minimum atomic E-state index is -5.47. The normalized spacial score (nSPS) is 38.5. The summed E-state index contributed by atoms with van der Waals surface area (Å²) in [4.78, 5) is 11.3. The molecule has 36 heavy (non-hydrogen) atoms. The van der Waals surface area contributed by atoms with E-state index in [9.17, 15) is 50.5 Å². The topological polar surface area (TPSA) is 340 Å². The summed E-state index contributed by atoms with van der Waals surface area (Å²) in [6, 6.07) is -2.19. The number of hydrogen-bond acceptors (Lipinski definition) is 16. The molecular formula is C12H21NO20S3.